The van der Waals surface area contributed by atoms with E-state index in [0.29, 0.717) is 13.0 Å². The van der Waals surface area contributed by atoms with E-state index in [1.807, 2.05) is 44.2 Å². The molecule has 0 aromatic heterocycles. The Morgan fingerprint density at radius 3 is 2.40 bits per heavy atom. The van der Waals surface area contributed by atoms with Gasteiger partial charge in [-0.2, -0.15) is 4.31 Å². The average molecular weight is 505 g/mol. The summed E-state index contributed by atoms with van der Waals surface area (Å²) in [6.07, 6.45) is 0.00717. The number of carbonyl (C=O) groups excluding carboxylic acids is 1. The van der Waals surface area contributed by atoms with Gasteiger partial charge in [-0.3, -0.25) is 0 Å². The number of urea groups is 1. The van der Waals surface area contributed by atoms with E-state index in [0.717, 1.165) is 18.5 Å². The van der Waals surface area contributed by atoms with Crippen molar-refractivity contribution >= 4 is 16.1 Å². The summed E-state index contributed by atoms with van der Waals surface area (Å²) < 4.78 is 28.0. The Bertz CT molecular complexity index is 1040. The maximum atomic E-state index is 13.4. The Hall–Kier alpha value is -2.66. The minimum atomic E-state index is -3.94. The summed E-state index contributed by atoms with van der Waals surface area (Å²) in [5.74, 6) is -0.0252. The van der Waals surface area contributed by atoms with Crippen LogP contribution in [0.4, 0.5) is 4.79 Å². The molecule has 0 bridgehead atoms. The van der Waals surface area contributed by atoms with E-state index in [4.69, 9.17) is 0 Å². The molecule has 10 heteroatoms. The van der Waals surface area contributed by atoms with Gasteiger partial charge in [-0.05, 0) is 55.1 Å². The molecule has 0 aliphatic carbocycles. The first kappa shape index (κ1) is 26.9. The quantitative estimate of drug-likeness (QED) is 0.316. The van der Waals surface area contributed by atoms with Gasteiger partial charge in [0.05, 0.1) is 17.0 Å². The predicted octanol–water partition coefficient (Wildman–Crippen LogP) is 1.67. The number of phenols is 1. The van der Waals surface area contributed by atoms with Gasteiger partial charge in [-0.15, -0.1) is 0 Å². The Morgan fingerprint density at radius 2 is 1.80 bits per heavy atom. The zero-order chi connectivity index (χ0) is 25.4. The molecule has 0 saturated carbocycles. The van der Waals surface area contributed by atoms with E-state index in [2.05, 4.69) is 16.0 Å². The summed E-state index contributed by atoms with van der Waals surface area (Å²) in [7, 11) is -3.94. The maximum Gasteiger partial charge on any atom is 0.315 e. The molecule has 2 amide bonds. The van der Waals surface area contributed by atoms with Gasteiger partial charge in [0, 0.05) is 25.7 Å². The first-order valence-corrected chi connectivity index (χ1v) is 13.4. The molecule has 0 spiro atoms. The number of phenolic OH excluding ortho intramolecular Hbond substituents is 1. The lowest BCUT2D eigenvalue weighted by atomic mass is 10.0. The molecule has 2 aromatic rings. The van der Waals surface area contributed by atoms with Gasteiger partial charge in [0.2, 0.25) is 10.0 Å². The van der Waals surface area contributed by atoms with Gasteiger partial charge in [0.15, 0.2) is 0 Å². The summed E-state index contributed by atoms with van der Waals surface area (Å²) >= 11 is 0. The van der Waals surface area contributed by atoms with Gasteiger partial charge in [0.25, 0.3) is 0 Å². The molecule has 9 nitrogen and oxygen atoms in total. The molecule has 0 unspecified atom stereocenters. The van der Waals surface area contributed by atoms with Crippen molar-refractivity contribution in [1.29, 1.82) is 0 Å². The van der Waals surface area contributed by atoms with E-state index in [1.165, 1.54) is 28.6 Å². The van der Waals surface area contributed by atoms with Crippen LogP contribution in [0.3, 0.4) is 0 Å². The Morgan fingerprint density at radius 1 is 1.11 bits per heavy atom. The van der Waals surface area contributed by atoms with Gasteiger partial charge >= 0.3 is 6.03 Å². The van der Waals surface area contributed by atoms with Crippen molar-refractivity contribution in [3.8, 4) is 5.75 Å². The van der Waals surface area contributed by atoms with Crippen LogP contribution >= 0.6 is 0 Å². The molecule has 1 fully saturated rings. The highest BCUT2D eigenvalue weighted by Crippen LogP contribution is 2.21. The van der Waals surface area contributed by atoms with Crippen molar-refractivity contribution in [3.63, 3.8) is 0 Å². The molecular weight excluding hydrogens is 468 g/mol. The standard InChI is InChI=1S/C25H36N4O5S/c1-18(2)16-29(35(33,34)22-10-8-21(30)9-11-22)17-24(31)23(14-19-6-4-3-5-7-19)28-25(32)27-20-12-13-26-15-20/h3-11,18,20,23-24,26,30-31H,12-17H2,1-2H3,(H2,27,28,32)/t20-,23+,24-/m1/s1. The van der Waals surface area contributed by atoms with Crippen molar-refractivity contribution in [1.82, 2.24) is 20.3 Å². The monoisotopic (exact) mass is 504 g/mol. The topological polar surface area (TPSA) is 131 Å². The number of hydrogen-bond acceptors (Lipinski definition) is 6. The summed E-state index contributed by atoms with van der Waals surface area (Å²) in [6, 6.07) is 13.7. The van der Waals surface area contributed by atoms with Crippen LogP contribution in [-0.4, -0.2) is 73.3 Å². The lowest BCUT2D eigenvalue weighted by Crippen LogP contribution is -2.54. The van der Waals surface area contributed by atoms with E-state index in [9.17, 15) is 23.4 Å². The maximum absolute atomic E-state index is 13.4. The molecule has 3 rings (SSSR count). The molecule has 35 heavy (non-hydrogen) atoms. The smallest absolute Gasteiger partial charge is 0.315 e. The largest absolute Gasteiger partial charge is 0.508 e. The molecule has 0 radical (unpaired) electrons. The van der Waals surface area contributed by atoms with Crippen LogP contribution in [-0.2, 0) is 16.4 Å². The van der Waals surface area contributed by atoms with Gasteiger partial charge in [-0.25, -0.2) is 13.2 Å². The first-order valence-electron chi connectivity index (χ1n) is 11.9. The van der Waals surface area contributed by atoms with E-state index >= 15 is 0 Å². The third-order valence-corrected chi connectivity index (χ3v) is 7.75. The van der Waals surface area contributed by atoms with E-state index < -0.39 is 28.2 Å². The van der Waals surface area contributed by atoms with Crippen molar-refractivity contribution in [3.05, 3.63) is 60.2 Å². The minimum Gasteiger partial charge on any atom is -0.508 e. The third-order valence-electron chi connectivity index (χ3n) is 5.91. The number of rotatable bonds is 11. The second-order valence-corrected chi connectivity index (χ2v) is 11.3. The highest BCUT2D eigenvalue weighted by Gasteiger charge is 2.31. The average Bonchev–Trinajstić information content (AvgIpc) is 3.31. The van der Waals surface area contributed by atoms with Crippen molar-refractivity contribution in [2.24, 2.45) is 5.92 Å². The number of carbonyl (C=O) groups is 1. The Kier molecular flexibility index (Phi) is 9.50. The van der Waals surface area contributed by atoms with Gasteiger partial charge in [0.1, 0.15) is 5.75 Å². The lowest BCUT2D eigenvalue weighted by molar-refractivity contribution is 0.104. The van der Waals surface area contributed by atoms with Crippen LogP contribution in [0.1, 0.15) is 25.8 Å². The second-order valence-electron chi connectivity index (χ2n) is 9.38. The molecule has 1 aliphatic heterocycles. The van der Waals surface area contributed by atoms with E-state index in [-0.39, 0.29) is 35.7 Å². The Balaban J connectivity index is 1.80. The summed E-state index contributed by atoms with van der Waals surface area (Å²) in [5, 5.41) is 29.7. The number of nitrogens with zero attached hydrogens (tertiary/aromatic N) is 1. The number of sulfonamides is 1. The zero-order valence-corrected chi connectivity index (χ0v) is 21.0. The number of aromatic hydroxyl groups is 1. The second kappa shape index (κ2) is 12.3. The van der Waals surface area contributed by atoms with E-state index in [1.54, 1.807) is 0 Å². The molecule has 5 N–H and O–H groups in total. The number of aliphatic hydroxyl groups excluding tert-OH is 1. The number of nitrogens with one attached hydrogen (secondary N) is 3. The fraction of sp³-hybridized carbons (Fsp3) is 0.480. The van der Waals surface area contributed by atoms with Crippen LogP contribution < -0.4 is 16.0 Å². The molecule has 1 aliphatic rings. The zero-order valence-electron chi connectivity index (χ0n) is 20.2. The summed E-state index contributed by atoms with van der Waals surface area (Å²) in [4.78, 5) is 12.7. The summed E-state index contributed by atoms with van der Waals surface area (Å²) in [5.41, 5.74) is 0.913. The SMILES string of the molecule is CC(C)CN(C[C@@H](O)[C@H](Cc1ccccc1)NC(=O)N[C@@H]1CCNC1)S(=O)(=O)c1ccc(O)cc1. The van der Waals surface area contributed by atoms with Crippen LogP contribution in [0.5, 0.6) is 5.75 Å². The Labute approximate surface area is 207 Å². The lowest BCUT2D eigenvalue weighted by Gasteiger charge is -2.31. The van der Waals surface area contributed by atoms with Gasteiger partial charge < -0.3 is 26.2 Å². The fourth-order valence-corrected chi connectivity index (χ4v) is 5.73. The third kappa shape index (κ3) is 7.93. The molecule has 2 aromatic carbocycles. The normalized spacial score (nSPS) is 17.9. The summed E-state index contributed by atoms with van der Waals surface area (Å²) in [6.45, 7) is 5.32. The van der Waals surface area contributed by atoms with Gasteiger partial charge in [-0.1, -0.05) is 44.2 Å². The molecule has 1 heterocycles. The molecule has 192 valence electrons. The first-order chi connectivity index (χ1) is 16.6. The molecular formula is C25H36N4O5S. The highest BCUT2D eigenvalue weighted by atomic mass is 32.2. The van der Waals surface area contributed by atoms with Crippen LogP contribution in [0.2, 0.25) is 0 Å². The number of benzene rings is 2. The van der Waals surface area contributed by atoms with Crippen molar-refractivity contribution in [2.75, 3.05) is 26.2 Å². The predicted molar refractivity (Wildman–Crippen MR) is 135 cm³/mol. The fourth-order valence-electron chi connectivity index (χ4n) is 4.11. The van der Waals surface area contributed by atoms with Crippen LogP contribution in [0.15, 0.2) is 59.5 Å². The number of hydrogen-bond donors (Lipinski definition) is 5. The van der Waals surface area contributed by atoms with Crippen molar-refractivity contribution in [2.45, 2.75) is 49.8 Å². The number of aliphatic hydroxyl groups is 1. The van der Waals surface area contributed by atoms with Crippen molar-refractivity contribution < 1.29 is 23.4 Å². The minimum absolute atomic E-state index is 0.00721. The van der Waals surface area contributed by atoms with Crippen LogP contribution in [0.25, 0.3) is 0 Å². The number of amides is 2. The highest BCUT2D eigenvalue weighted by molar-refractivity contribution is 7.89. The van der Waals surface area contributed by atoms with Crippen LogP contribution in [0, 0.1) is 5.92 Å². The molecule has 1 saturated heterocycles. The molecule has 3 atom stereocenters.